The van der Waals surface area contributed by atoms with E-state index in [0.29, 0.717) is 23.7 Å². The van der Waals surface area contributed by atoms with Gasteiger partial charge in [-0.1, -0.05) is 67.1 Å². The Balaban J connectivity index is 1.66. The van der Waals surface area contributed by atoms with Gasteiger partial charge in [0.1, 0.15) is 11.8 Å². The molecule has 0 saturated carbocycles. The Morgan fingerprint density at radius 2 is 1.73 bits per heavy atom. The van der Waals surface area contributed by atoms with Crippen molar-refractivity contribution in [1.82, 2.24) is 0 Å². The molecule has 204 valence electrons. The lowest BCUT2D eigenvalue weighted by Gasteiger charge is -2.26. The predicted octanol–water partition coefficient (Wildman–Crippen LogP) is 6.71. The van der Waals surface area contributed by atoms with Crippen molar-refractivity contribution in [3.05, 3.63) is 129 Å². The fraction of sp³-hybridized carbons (Fsp3) is 0.235. The number of halogens is 1. The minimum absolute atomic E-state index is 0.0362. The molecule has 1 heterocycles. The molecule has 1 N–H and O–H groups in total. The van der Waals surface area contributed by atoms with Crippen LogP contribution in [0.2, 0.25) is 5.02 Å². The van der Waals surface area contributed by atoms with Crippen LogP contribution in [0.4, 0.5) is 5.69 Å². The van der Waals surface area contributed by atoms with Crippen LogP contribution >= 0.6 is 11.6 Å². The highest BCUT2D eigenvalue weighted by molar-refractivity contribution is 6.32. The van der Waals surface area contributed by atoms with Gasteiger partial charge in [-0.2, -0.15) is 0 Å². The molecule has 5 nitrogen and oxygen atoms in total. The Labute approximate surface area is 240 Å². The number of methoxy groups -OCH3 is 1. The third kappa shape index (κ3) is 5.81. The number of fused-ring (bicyclic) bond motifs is 1. The number of anilines is 1. The van der Waals surface area contributed by atoms with Gasteiger partial charge in [-0.05, 0) is 77.6 Å². The highest BCUT2D eigenvalue weighted by atomic mass is 35.5. The zero-order valence-corrected chi connectivity index (χ0v) is 23.8. The zero-order chi connectivity index (χ0) is 28.2. The van der Waals surface area contributed by atoms with E-state index in [0.717, 1.165) is 51.2 Å². The normalized spacial score (nSPS) is 14.9. The Kier molecular flexibility index (Phi) is 8.34. The maximum Gasteiger partial charge on any atom is 0.252 e. The average molecular weight is 553 g/mol. The number of carbonyl (C=O) groups excluding carboxylic acids is 1. The molecule has 0 fully saturated rings. The van der Waals surface area contributed by atoms with Crippen LogP contribution in [0.3, 0.4) is 0 Å². The maximum absolute atomic E-state index is 14.4. The van der Waals surface area contributed by atoms with Crippen LogP contribution < -0.4 is 9.64 Å². The minimum atomic E-state index is -0.635. The van der Waals surface area contributed by atoms with Crippen LogP contribution in [0.25, 0.3) is 0 Å². The van der Waals surface area contributed by atoms with Gasteiger partial charge >= 0.3 is 0 Å². The fourth-order valence-corrected chi connectivity index (χ4v) is 5.34. The fourth-order valence-electron chi connectivity index (χ4n) is 5.17. The zero-order valence-electron chi connectivity index (χ0n) is 23.0. The second kappa shape index (κ2) is 12.1. The highest BCUT2D eigenvalue weighted by Crippen LogP contribution is 2.33. The van der Waals surface area contributed by atoms with E-state index >= 15 is 0 Å². The first-order valence-electron chi connectivity index (χ1n) is 13.5. The molecule has 1 atom stereocenters. The molecule has 4 aromatic rings. The van der Waals surface area contributed by atoms with Crippen LogP contribution in [-0.4, -0.2) is 29.9 Å². The number of aliphatic imine (C=N–C) groups is 1. The molecule has 40 heavy (non-hydrogen) atoms. The summed E-state index contributed by atoms with van der Waals surface area (Å²) in [6, 6.07) is 27.0. The van der Waals surface area contributed by atoms with Crippen LogP contribution in [0.1, 0.15) is 45.9 Å². The van der Waals surface area contributed by atoms with Gasteiger partial charge in [0.15, 0.2) is 0 Å². The second-order valence-corrected chi connectivity index (χ2v) is 10.5. The number of aryl methyl sites for hydroxylation is 2. The summed E-state index contributed by atoms with van der Waals surface area (Å²) in [6.07, 6.45) is 1.40. The summed E-state index contributed by atoms with van der Waals surface area (Å²) in [7, 11) is 1.64. The lowest BCUT2D eigenvalue weighted by atomic mass is 9.96. The molecule has 1 aliphatic heterocycles. The summed E-state index contributed by atoms with van der Waals surface area (Å²) < 4.78 is 5.33. The van der Waals surface area contributed by atoms with Crippen molar-refractivity contribution in [2.45, 2.75) is 45.9 Å². The van der Waals surface area contributed by atoms with Gasteiger partial charge in [0.2, 0.25) is 0 Å². The van der Waals surface area contributed by atoms with E-state index in [2.05, 4.69) is 25.1 Å². The van der Waals surface area contributed by atoms with E-state index in [4.69, 9.17) is 21.3 Å². The highest BCUT2D eigenvalue weighted by Gasteiger charge is 2.32. The first kappa shape index (κ1) is 27.6. The lowest BCUT2D eigenvalue weighted by molar-refractivity contribution is -0.119. The maximum atomic E-state index is 14.4. The number of aliphatic hydroxyl groups is 1. The summed E-state index contributed by atoms with van der Waals surface area (Å²) in [5.41, 5.74) is 8.25. The van der Waals surface area contributed by atoms with Gasteiger partial charge in [-0.15, -0.1) is 0 Å². The quantitative estimate of drug-likeness (QED) is 0.264. The summed E-state index contributed by atoms with van der Waals surface area (Å²) in [5.74, 6) is 0.694. The number of hydrogen-bond donors (Lipinski definition) is 1. The van der Waals surface area contributed by atoms with Crippen molar-refractivity contribution in [1.29, 1.82) is 0 Å². The molecule has 1 unspecified atom stereocenters. The van der Waals surface area contributed by atoms with Crippen molar-refractivity contribution >= 4 is 28.9 Å². The van der Waals surface area contributed by atoms with Gasteiger partial charge in [-0.25, -0.2) is 0 Å². The number of rotatable bonds is 8. The largest absolute Gasteiger partial charge is 0.497 e. The van der Waals surface area contributed by atoms with Gasteiger partial charge in [-0.3, -0.25) is 9.79 Å². The molecule has 1 aliphatic rings. The molecule has 0 saturated heterocycles. The van der Waals surface area contributed by atoms with Crippen LogP contribution in [0.15, 0.2) is 89.9 Å². The molecule has 0 radical (unpaired) electrons. The molecular weight excluding hydrogens is 520 g/mol. The molecule has 0 aromatic heterocycles. The van der Waals surface area contributed by atoms with Crippen LogP contribution in [-0.2, 0) is 30.8 Å². The average Bonchev–Trinajstić information content (AvgIpc) is 3.08. The summed E-state index contributed by atoms with van der Waals surface area (Å²) in [5, 5.41) is 10.3. The van der Waals surface area contributed by atoms with Crippen molar-refractivity contribution in [3.8, 4) is 5.75 Å². The number of benzodiazepines with no additional fused rings is 1. The molecule has 5 rings (SSSR count). The molecule has 0 bridgehead atoms. The number of benzene rings is 4. The van der Waals surface area contributed by atoms with Gasteiger partial charge in [0, 0.05) is 22.6 Å². The second-order valence-electron chi connectivity index (χ2n) is 10.1. The number of carbonyl (C=O) groups is 1. The molecular formula is C34H33ClN2O3. The van der Waals surface area contributed by atoms with Crippen LogP contribution in [0, 0.1) is 6.92 Å². The lowest BCUT2D eigenvalue weighted by Crippen LogP contribution is -2.38. The first-order valence-corrected chi connectivity index (χ1v) is 13.9. The van der Waals surface area contributed by atoms with E-state index in [1.165, 1.54) is 5.56 Å². The Hall–Kier alpha value is -3.93. The summed E-state index contributed by atoms with van der Waals surface area (Å²) >= 11 is 6.53. The standard InChI is InChI=1S/C34H33ClN2O3/c1-4-23-6-5-7-25(17-23)18-31-34(39)37(20-24-8-13-29(40-3)14-9-24)32-15-12-28(35)19-30(32)33(36-31)26-10-11-27(21-38)22(2)16-26/h5-17,19,31,38H,4,18,20-21H2,1-3H3. The van der Waals surface area contributed by atoms with E-state index in [-0.39, 0.29) is 12.5 Å². The number of hydrogen-bond acceptors (Lipinski definition) is 4. The summed E-state index contributed by atoms with van der Waals surface area (Å²) in [6.45, 7) is 4.45. The Morgan fingerprint density at radius 3 is 2.42 bits per heavy atom. The predicted molar refractivity (Wildman–Crippen MR) is 162 cm³/mol. The number of amides is 1. The molecule has 4 aromatic carbocycles. The van der Waals surface area contributed by atoms with Gasteiger partial charge in [0.25, 0.3) is 5.91 Å². The molecule has 0 aliphatic carbocycles. The van der Waals surface area contributed by atoms with E-state index in [1.54, 1.807) is 7.11 Å². The molecule has 1 amide bonds. The molecule has 0 spiro atoms. The van der Waals surface area contributed by atoms with E-state index in [1.807, 2.05) is 78.6 Å². The SMILES string of the molecule is CCc1cccc(CC2N=C(c3ccc(CO)c(C)c3)c3cc(Cl)ccc3N(Cc3ccc(OC)cc3)C2=O)c1. The molecule has 6 heteroatoms. The monoisotopic (exact) mass is 552 g/mol. The first-order chi connectivity index (χ1) is 19.4. The van der Waals surface area contributed by atoms with Crippen molar-refractivity contribution in [3.63, 3.8) is 0 Å². The third-order valence-corrected chi connectivity index (χ3v) is 7.69. The van der Waals surface area contributed by atoms with Crippen molar-refractivity contribution < 1.29 is 14.6 Å². The summed E-state index contributed by atoms with van der Waals surface area (Å²) in [4.78, 5) is 21.3. The number of ether oxygens (including phenoxy) is 1. The van der Waals surface area contributed by atoms with E-state index < -0.39 is 6.04 Å². The smallest absolute Gasteiger partial charge is 0.252 e. The van der Waals surface area contributed by atoms with E-state index in [9.17, 15) is 9.90 Å². The number of aliphatic hydroxyl groups excluding tert-OH is 1. The van der Waals surface area contributed by atoms with Gasteiger partial charge < -0.3 is 14.7 Å². The van der Waals surface area contributed by atoms with Crippen molar-refractivity contribution in [2.24, 2.45) is 4.99 Å². The topological polar surface area (TPSA) is 62.1 Å². The van der Waals surface area contributed by atoms with Crippen molar-refractivity contribution in [2.75, 3.05) is 12.0 Å². The Bertz CT molecular complexity index is 1560. The minimum Gasteiger partial charge on any atom is -0.497 e. The van der Waals surface area contributed by atoms with Gasteiger partial charge in [0.05, 0.1) is 31.7 Å². The number of nitrogens with zero attached hydrogens (tertiary/aromatic N) is 2. The van der Waals surface area contributed by atoms with Crippen LogP contribution in [0.5, 0.6) is 5.75 Å². The Morgan fingerprint density at radius 1 is 0.950 bits per heavy atom. The third-order valence-electron chi connectivity index (χ3n) is 7.46.